The van der Waals surface area contributed by atoms with Gasteiger partial charge in [0.2, 0.25) is 0 Å². The summed E-state index contributed by atoms with van der Waals surface area (Å²) in [6, 6.07) is 51.7. The number of aromatic amines is 1. The van der Waals surface area contributed by atoms with Gasteiger partial charge in [0, 0.05) is 28.9 Å². The summed E-state index contributed by atoms with van der Waals surface area (Å²) < 4.78 is 4.15. The Kier molecular flexibility index (Phi) is 7.82. The molecule has 0 aliphatic carbocycles. The van der Waals surface area contributed by atoms with E-state index in [1.807, 2.05) is 61.1 Å². The average molecular weight is 723 g/mol. The van der Waals surface area contributed by atoms with E-state index in [0.29, 0.717) is 11.5 Å². The first-order chi connectivity index (χ1) is 27.7. The number of nitriles is 1. The molecule has 0 saturated carbocycles. The van der Waals surface area contributed by atoms with Crippen molar-refractivity contribution in [3.63, 3.8) is 0 Å². The van der Waals surface area contributed by atoms with Crippen LogP contribution in [0.4, 0.5) is 0 Å². The minimum atomic E-state index is -0.770. The van der Waals surface area contributed by atoms with Crippen molar-refractivity contribution < 1.29 is 0 Å². The second-order valence-corrected chi connectivity index (χ2v) is 13.4. The van der Waals surface area contributed by atoms with Gasteiger partial charge in [-0.3, -0.25) is 9.25 Å². The van der Waals surface area contributed by atoms with E-state index in [1.165, 1.54) is 0 Å². The van der Waals surface area contributed by atoms with Crippen LogP contribution in [-0.4, -0.2) is 44.5 Å². The van der Waals surface area contributed by atoms with Crippen molar-refractivity contribution in [1.82, 2.24) is 44.5 Å². The topological polar surface area (TPSA) is 127 Å². The third-order valence-electron chi connectivity index (χ3n) is 10.3. The maximum absolute atomic E-state index is 9.62. The molecule has 0 bridgehead atoms. The van der Waals surface area contributed by atoms with Gasteiger partial charge in [0.1, 0.15) is 30.0 Å². The van der Waals surface area contributed by atoms with E-state index < -0.39 is 5.54 Å². The Morgan fingerprint density at radius 1 is 0.679 bits per heavy atom. The molecular formula is C46H30N10. The highest BCUT2D eigenvalue weighted by Crippen LogP contribution is 2.42. The van der Waals surface area contributed by atoms with Crippen LogP contribution >= 0.6 is 0 Å². The van der Waals surface area contributed by atoms with Crippen LogP contribution in [0.3, 0.4) is 0 Å². The zero-order chi connectivity index (χ0) is 37.5. The number of pyridine rings is 2. The summed E-state index contributed by atoms with van der Waals surface area (Å²) in [6.07, 6.45) is 9.02. The van der Waals surface area contributed by atoms with E-state index in [2.05, 4.69) is 133 Å². The Morgan fingerprint density at radius 2 is 1.38 bits per heavy atom. The Balaban J connectivity index is 1.19. The normalized spacial score (nSPS) is 11.6. The first-order valence-electron chi connectivity index (χ1n) is 18.1. The summed E-state index contributed by atoms with van der Waals surface area (Å²) in [5.74, 6) is 0.586. The molecule has 0 saturated heterocycles. The zero-order valence-electron chi connectivity index (χ0n) is 29.8. The molecule has 0 aliphatic heterocycles. The predicted octanol–water partition coefficient (Wildman–Crippen LogP) is 9.00. The highest BCUT2D eigenvalue weighted by molar-refractivity contribution is 5.98. The molecule has 0 spiro atoms. The van der Waals surface area contributed by atoms with Crippen LogP contribution in [0, 0.1) is 11.3 Å². The molecule has 5 aromatic heterocycles. The van der Waals surface area contributed by atoms with E-state index in [-0.39, 0.29) is 0 Å². The fourth-order valence-corrected chi connectivity index (χ4v) is 7.74. The number of nitrogens with zero attached hydrogens (tertiary/aromatic N) is 9. The van der Waals surface area contributed by atoms with Gasteiger partial charge in [0.05, 0.1) is 34.1 Å². The summed E-state index contributed by atoms with van der Waals surface area (Å²) in [7, 11) is 0. The average Bonchev–Trinajstić information content (AvgIpc) is 4.08. The predicted molar refractivity (Wildman–Crippen MR) is 216 cm³/mol. The molecule has 10 heteroatoms. The van der Waals surface area contributed by atoms with Crippen LogP contribution in [0.15, 0.2) is 177 Å². The van der Waals surface area contributed by atoms with Crippen molar-refractivity contribution in [3.05, 3.63) is 199 Å². The second kappa shape index (κ2) is 13.4. The first kappa shape index (κ1) is 32.6. The SMILES string of the molecule is N#Cc1cc(-c2cc(-c3nnc[nH]3)c3ncn(-c4cc(-c5cnn(C(c6ccccc6)(c6ccccc6)c6ccccc6)c5)nc5ccccc45)c3c2)ccn1. The molecule has 1 N–H and O–H groups in total. The number of H-pyrrole nitrogens is 1. The van der Waals surface area contributed by atoms with Crippen LogP contribution in [-0.2, 0) is 5.54 Å². The molecule has 0 unspecified atom stereocenters. The number of nitrogens with one attached hydrogen (secondary N) is 1. The van der Waals surface area contributed by atoms with Gasteiger partial charge in [-0.25, -0.2) is 15.0 Å². The van der Waals surface area contributed by atoms with E-state index in [4.69, 9.17) is 15.1 Å². The quantitative estimate of drug-likeness (QED) is 0.155. The summed E-state index contributed by atoms with van der Waals surface area (Å²) in [6.45, 7) is 0. The number of imidazole rings is 1. The van der Waals surface area contributed by atoms with Gasteiger partial charge in [0.15, 0.2) is 5.82 Å². The lowest BCUT2D eigenvalue weighted by Gasteiger charge is -2.36. The number of rotatable bonds is 8. The van der Waals surface area contributed by atoms with Crippen molar-refractivity contribution in [2.75, 3.05) is 0 Å². The van der Waals surface area contributed by atoms with Crippen LogP contribution in [0.5, 0.6) is 0 Å². The smallest absolute Gasteiger partial charge is 0.163 e. The number of para-hydroxylation sites is 1. The van der Waals surface area contributed by atoms with Gasteiger partial charge in [-0.05, 0) is 64.2 Å². The highest BCUT2D eigenvalue weighted by atomic mass is 15.3. The minimum absolute atomic E-state index is 0.332. The van der Waals surface area contributed by atoms with Crippen LogP contribution < -0.4 is 0 Å². The fraction of sp³-hybridized carbons (Fsp3) is 0.0217. The van der Waals surface area contributed by atoms with Crippen molar-refractivity contribution in [2.45, 2.75) is 5.54 Å². The van der Waals surface area contributed by atoms with Gasteiger partial charge in [-0.15, -0.1) is 10.2 Å². The van der Waals surface area contributed by atoms with E-state index >= 15 is 0 Å². The molecule has 5 aromatic carbocycles. The Morgan fingerprint density at radius 3 is 2.05 bits per heavy atom. The monoisotopic (exact) mass is 722 g/mol. The number of aromatic nitrogens is 9. The number of hydrogen-bond donors (Lipinski definition) is 1. The summed E-state index contributed by atoms with van der Waals surface area (Å²) in [5, 5.41) is 24.1. The Bertz CT molecular complexity index is 2940. The number of benzene rings is 5. The standard InChI is InChI=1S/C46H30N10/c47-26-37-22-31(20-21-48-37)32-23-39(45-49-29-51-54-45)44-43(24-32)55(30-50-44)42-25-41(53-40-19-11-10-18-38(40)42)33-27-52-56(28-33)46(34-12-4-1-5-13-34,35-14-6-2-7-15-35)36-16-8-3-9-17-36/h1-25,27-30H,(H,49,51,54). The molecule has 5 heterocycles. The summed E-state index contributed by atoms with van der Waals surface area (Å²) >= 11 is 0. The lowest BCUT2D eigenvalue weighted by Crippen LogP contribution is -2.38. The third-order valence-corrected chi connectivity index (χ3v) is 10.3. The van der Waals surface area contributed by atoms with Gasteiger partial charge in [0.25, 0.3) is 0 Å². The summed E-state index contributed by atoms with van der Waals surface area (Å²) in [5.41, 5.74) is 10.2. The van der Waals surface area contributed by atoms with Crippen molar-refractivity contribution in [3.8, 4) is 45.5 Å². The Hall–Kier alpha value is -8.03. The maximum Gasteiger partial charge on any atom is 0.163 e. The van der Waals surface area contributed by atoms with Gasteiger partial charge in [-0.2, -0.15) is 10.4 Å². The fourth-order valence-electron chi connectivity index (χ4n) is 7.74. The van der Waals surface area contributed by atoms with Gasteiger partial charge in [-0.1, -0.05) is 109 Å². The zero-order valence-corrected chi connectivity index (χ0v) is 29.8. The minimum Gasteiger partial charge on any atom is -0.327 e. The lowest BCUT2D eigenvalue weighted by atomic mass is 9.77. The largest absolute Gasteiger partial charge is 0.327 e. The molecule has 264 valence electrons. The molecule has 10 aromatic rings. The maximum atomic E-state index is 9.62. The summed E-state index contributed by atoms with van der Waals surface area (Å²) in [4.78, 5) is 17.5. The van der Waals surface area contributed by atoms with Gasteiger partial charge < -0.3 is 4.98 Å². The van der Waals surface area contributed by atoms with Crippen molar-refractivity contribution in [2.24, 2.45) is 0 Å². The van der Waals surface area contributed by atoms with Crippen molar-refractivity contribution in [1.29, 1.82) is 5.26 Å². The first-order valence-corrected chi connectivity index (χ1v) is 18.1. The van der Waals surface area contributed by atoms with Crippen LogP contribution in [0.2, 0.25) is 0 Å². The molecule has 0 amide bonds. The highest BCUT2D eigenvalue weighted by Gasteiger charge is 2.39. The molecule has 0 atom stereocenters. The second-order valence-electron chi connectivity index (χ2n) is 13.4. The molecule has 0 aliphatic rings. The third kappa shape index (κ3) is 5.34. The number of hydrogen-bond acceptors (Lipinski definition) is 7. The molecule has 10 rings (SSSR count). The molecule has 10 nitrogen and oxygen atoms in total. The Labute approximate surface area is 321 Å². The van der Waals surface area contributed by atoms with Crippen LogP contribution in [0.25, 0.3) is 61.4 Å². The molecule has 56 heavy (non-hydrogen) atoms. The van der Waals surface area contributed by atoms with Crippen molar-refractivity contribution >= 4 is 21.9 Å². The van der Waals surface area contributed by atoms with E-state index in [1.54, 1.807) is 18.6 Å². The molecule has 0 fully saturated rings. The number of fused-ring (bicyclic) bond motifs is 2. The lowest BCUT2D eigenvalue weighted by molar-refractivity contribution is 0.460. The molecular weight excluding hydrogens is 693 g/mol. The molecule has 0 radical (unpaired) electrons. The van der Waals surface area contributed by atoms with Crippen LogP contribution in [0.1, 0.15) is 22.4 Å². The van der Waals surface area contributed by atoms with Gasteiger partial charge >= 0.3 is 0 Å². The van der Waals surface area contributed by atoms with E-state index in [9.17, 15) is 5.26 Å². The van der Waals surface area contributed by atoms with E-state index in [0.717, 1.165) is 72.3 Å².